The van der Waals surface area contributed by atoms with Crippen molar-refractivity contribution in [2.24, 2.45) is 10.4 Å². The molecule has 0 aromatic heterocycles. The summed E-state index contributed by atoms with van der Waals surface area (Å²) in [6.45, 7) is 8.86. The number of hydrogen-bond donors (Lipinski definition) is 0. The quantitative estimate of drug-likeness (QED) is 0.709. The number of carbonyl (C=O) groups excluding carboxylic acids is 1. The van der Waals surface area contributed by atoms with Gasteiger partial charge in [0, 0.05) is 31.6 Å². The van der Waals surface area contributed by atoms with Crippen molar-refractivity contribution >= 4 is 17.4 Å². The van der Waals surface area contributed by atoms with Gasteiger partial charge in [0.25, 0.3) is 0 Å². The Balaban J connectivity index is 1.63. The summed E-state index contributed by atoms with van der Waals surface area (Å²) in [5, 5.41) is 0. The van der Waals surface area contributed by atoms with Crippen LogP contribution >= 0.6 is 0 Å². The number of hydrogen-bond acceptors (Lipinski definition) is 4. The zero-order valence-corrected chi connectivity index (χ0v) is 16.1. The summed E-state index contributed by atoms with van der Waals surface area (Å²) < 4.78 is 6.12. The van der Waals surface area contributed by atoms with Crippen molar-refractivity contribution in [3.8, 4) is 11.5 Å². The molecule has 0 saturated carbocycles. The van der Waals surface area contributed by atoms with Crippen LogP contribution in [0.25, 0.3) is 0 Å². The molecule has 0 atom stereocenters. The van der Waals surface area contributed by atoms with E-state index in [9.17, 15) is 4.79 Å². The topological polar surface area (TPSA) is 45.1 Å². The zero-order valence-electron chi connectivity index (χ0n) is 16.1. The van der Waals surface area contributed by atoms with E-state index in [2.05, 4.69) is 4.90 Å². The highest BCUT2D eigenvalue weighted by molar-refractivity contribution is 6.03. The van der Waals surface area contributed by atoms with Crippen LogP contribution < -0.4 is 4.74 Å². The number of benzene rings is 2. The number of aliphatic imine (C=N–C) groups is 1. The van der Waals surface area contributed by atoms with Gasteiger partial charge in [-0.15, -0.1) is 0 Å². The molecule has 5 heteroatoms. The third-order valence-corrected chi connectivity index (χ3v) is 4.95. The second-order valence-electron chi connectivity index (χ2n) is 8.03. The number of carbonyl (C=O) groups is 1. The average Bonchev–Trinajstić information content (AvgIpc) is 2.83. The van der Waals surface area contributed by atoms with Gasteiger partial charge in [-0.2, -0.15) is 0 Å². The molecular formula is C22H25N3O2. The van der Waals surface area contributed by atoms with Crippen LogP contribution in [0.3, 0.4) is 0 Å². The van der Waals surface area contributed by atoms with Gasteiger partial charge in [-0.3, -0.25) is 4.79 Å². The van der Waals surface area contributed by atoms with E-state index >= 15 is 0 Å². The maximum absolute atomic E-state index is 12.6. The lowest BCUT2D eigenvalue weighted by atomic mass is 9.94. The number of rotatable bonds is 0. The van der Waals surface area contributed by atoms with Crippen LogP contribution in [0.1, 0.15) is 26.3 Å². The lowest BCUT2D eigenvalue weighted by molar-refractivity contribution is -0.140. The van der Waals surface area contributed by atoms with E-state index in [0.717, 1.165) is 41.7 Å². The van der Waals surface area contributed by atoms with E-state index in [-0.39, 0.29) is 11.3 Å². The molecule has 1 amide bonds. The number of piperazine rings is 1. The number of amides is 1. The van der Waals surface area contributed by atoms with Crippen LogP contribution in [0.2, 0.25) is 0 Å². The van der Waals surface area contributed by atoms with Gasteiger partial charge in [-0.1, -0.05) is 45.0 Å². The van der Waals surface area contributed by atoms with Crippen molar-refractivity contribution in [1.29, 1.82) is 0 Å². The van der Waals surface area contributed by atoms with Crippen molar-refractivity contribution in [3.05, 3.63) is 54.1 Å². The molecule has 2 aliphatic rings. The molecule has 5 nitrogen and oxygen atoms in total. The van der Waals surface area contributed by atoms with Crippen molar-refractivity contribution in [1.82, 2.24) is 9.80 Å². The molecular weight excluding hydrogens is 338 g/mol. The Kier molecular flexibility index (Phi) is 4.38. The molecule has 0 N–H and O–H groups in total. The van der Waals surface area contributed by atoms with Crippen LogP contribution in [-0.2, 0) is 4.79 Å². The molecule has 0 unspecified atom stereocenters. The maximum atomic E-state index is 12.6. The molecule has 27 heavy (non-hydrogen) atoms. The van der Waals surface area contributed by atoms with Crippen LogP contribution in [0.5, 0.6) is 11.5 Å². The smallest absolute Gasteiger partial charge is 0.228 e. The Labute approximate surface area is 160 Å². The van der Waals surface area contributed by atoms with Crippen LogP contribution in [0, 0.1) is 5.41 Å². The predicted molar refractivity (Wildman–Crippen MR) is 107 cm³/mol. The molecule has 140 valence electrons. The van der Waals surface area contributed by atoms with E-state index in [1.165, 1.54) is 0 Å². The van der Waals surface area contributed by atoms with Gasteiger partial charge in [-0.05, 0) is 24.3 Å². The Hall–Kier alpha value is -2.82. The van der Waals surface area contributed by atoms with Crippen LogP contribution in [-0.4, -0.2) is 47.7 Å². The summed E-state index contributed by atoms with van der Waals surface area (Å²) >= 11 is 0. The highest BCUT2D eigenvalue weighted by Crippen LogP contribution is 2.37. The first-order chi connectivity index (χ1) is 12.9. The average molecular weight is 363 g/mol. The molecule has 4 rings (SSSR count). The Bertz CT molecular complexity index is 890. The summed E-state index contributed by atoms with van der Waals surface area (Å²) in [4.78, 5) is 21.7. The van der Waals surface area contributed by atoms with Crippen LogP contribution in [0.4, 0.5) is 5.69 Å². The number of amidine groups is 1. The molecule has 2 aromatic carbocycles. The van der Waals surface area contributed by atoms with Gasteiger partial charge in [-0.25, -0.2) is 4.99 Å². The molecule has 0 radical (unpaired) electrons. The zero-order chi connectivity index (χ0) is 19.0. The molecule has 2 aromatic rings. The summed E-state index contributed by atoms with van der Waals surface area (Å²) in [5.74, 6) is 2.70. The van der Waals surface area contributed by atoms with Gasteiger partial charge in [0.1, 0.15) is 17.3 Å². The third kappa shape index (κ3) is 3.42. The minimum Gasteiger partial charge on any atom is -0.454 e. The molecule has 1 fully saturated rings. The summed E-state index contributed by atoms with van der Waals surface area (Å²) in [7, 11) is 0. The number of fused-ring (bicyclic) bond motifs is 2. The first kappa shape index (κ1) is 17.6. The summed E-state index contributed by atoms with van der Waals surface area (Å²) in [6.07, 6.45) is 0. The van der Waals surface area contributed by atoms with Crippen molar-refractivity contribution in [3.63, 3.8) is 0 Å². The summed E-state index contributed by atoms with van der Waals surface area (Å²) in [5.41, 5.74) is 1.47. The fourth-order valence-corrected chi connectivity index (χ4v) is 3.51. The van der Waals surface area contributed by atoms with Gasteiger partial charge in [0.15, 0.2) is 5.75 Å². The fourth-order valence-electron chi connectivity index (χ4n) is 3.51. The molecule has 2 aliphatic heterocycles. The SMILES string of the molecule is CC(C)(C)C(=O)N1CCN(C2=Nc3ccccc3Oc3ccccc32)CC1. The standard InChI is InChI=1S/C22H25N3O2/c1-22(2,3)21(26)25-14-12-24(13-15-25)20-16-8-4-6-10-18(16)27-19-11-7-5-9-17(19)23-20/h4-11H,12-15H2,1-3H3. The van der Waals surface area contributed by atoms with E-state index in [1.54, 1.807) is 0 Å². The number of para-hydroxylation sites is 3. The van der Waals surface area contributed by atoms with Gasteiger partial charge < -0.3 is 14.5 Å². The Morgan fingerprint density at radius 3 is 2.26 bits per heavy atom. The van der Waals surface area contributed by atoms with Crippen molar-refractivity contribution in [2.75, 3.05) is 26.2 Å². The molecule has 2 heterocycles. The second-order valence-corrected chi connectivity index (χ2v) is 8.03. The number of nitrogens with zero attached hydrogens (tertiary/aromatic N) is 3. The molecule has 0 spiro atoms. The van der Waals surface area contributed by atoms with Crippen molar-refractivity contribution < 1.29 is 9.53 Å². The molecule has 0 aliphatic carbocycles. The minimum absolute atomic E-state index is 0.207. The Morgan fingerprint density at radius 2 is 1.56 bits per heavy atom. The first-order valence-corrected chi connectivity index (χ1v) is 9.43. The number of ether oxygens (including phenoxy) is 1. The monoisotopic (exact) mass is 363 g/mol. The molecule has 1 saturated heterocycles. The van der Waals surface area contributed by atoms with E-state index in [4.69, 9.17) is 9.73 Å². The van der Waals surface area contributed by atoms with E-state index in [1.807, 2.05) is 74.2 Å². The third-order valence-electron chi connectivity index (χ3n) is 4.95. The van der Waals surface area contributed by atoms with Gasteiger partial charge >= 0.3 is 0 Å². The second kappa shape index (κ2) is 6.72. The lowest BCUT2D eigenvalue weighted by Gasteiger charge is -2.39. The minimum atomic E-state index is -0.346. The largest absolute Gasteiger partial charge is 0.454 e. The first-order valence-electron chi connectivity index (χ1n) is 9.43. The maximum Gasteiger partial charge on any atom is 0.228 e. The molecule has 0 bridgehead atoms. The highest BCUT2D eigenvalue weighted by Gasteiger charge is 2.31. The van der Waals surface area contributed by atoms with Gasteiger partial charge in [0.2, 0.25) is 5.91 Å². The highest BCUT2D eigenvalue weighted by atomic mass is 16.5. The van der Waals surface area contributed by atoms with Crippen LogP contribution in [0.15, 0.2) is 53.5 Å². The van der Waals surface area contributed by atoms with E-state index < -0.39 is 0 Å². The van der Waals surface area contributed by atoms with E-state index in [0.29, 0.717) is 13.1 Å². The predicted octanol–water partition coefficient (Wildman–Crippen LogP) is 4.06. The normalized spacial score (nSPS) is 16.6. The summed E-state index contributed by atoms with van der Waals surface area (Å²) in [6, 6.07) is 15.9. The van der Waals surface area contributed by atoms with Crippen molar-refractivity contribution in [2.45, 2.75) is 20.8 Å². The van der Waals surface area contributed by atoms with Gasteiger partial charge in [0.05, 0.1) is 5.56 Å². The fraction of sp³-hybridized carbons (Fsp3) is 0.364. The lowest BCUT2D eigenvalue weighted by Crippen LogP contribution is -2.53. The Morgan fingerprint density at radius 1 is 0.926 bits per heavy atom.